The molecule has 0 unspecified atom stereocenters. The number of alkyl carbamates (subject to hydrolysis) is 1. The molecule has 2 aromatic rings. The molecule has 0 spiro atoms. The van der Waals surface area contributed by atoms with Gasteiger partial charge in [-0.05, 0) is 54.7 Å². The second-order valence-corrected chi connectivity index (χ2v) is 6.55. The SMILES string of the molecule is Cc1cc(Br)cc(C)c1C=CCCNC(=O)OCc1ccccc1. The van der Waals surface area contributed by atoms with Gasteiger partial charge in [-0.3, -0.25) is 0 Å². The molecule has 24 heavy (non-hydrogen) atoms. The minimum Gasteiger partial charge on any atom is -0.445 e. The van der Waals surface area contributed by atoms with Gasteiger partial charge in [0.15, 0.2) is 0 Å². The fourth-order valence-electron chi connectivity index (χ4n) is 2.42. The molecule has 0 aromatic heterocycles. The van der Waals surface area contributed by atoms with Crippen molar-refractivity contribution >= 4 is 28.1 Å². The Kier molecular flexibility index (Phi) is 7.07. The molecule has 0 aliphatic heterocycles. The van der Waals surface area contributed by atoms with E-state index in [0.717, 1.165) is 16.5 Å². The molecule has 1 N–H and O–H groups in total. The third-order valence-corrected chi connectivity index (χ3v) is 4.09. The van der Waals surface area contributed by atoms with Crippen LogP contribution in [0.1, 0.15) is 28.7 Å². The van der Waals surface area contributed by atoms with Crippen LogP contribution in [0.4, 0.5) is 4.79 Å². The van der Waals surface area contributed by atoms with E-state index in [1.54, 1.807) is 0 Å². The van der Waals surface area contributed by atoms with Gasteiger partial charge in [-0.2, -0.15) is 0 Å². The van der Waals surface area contributed by atoms with Crippen LogP contribution in [0.3, 0.4) is 0 Å². The van der Waals surface area contributed by atoms with E-state index >= 15 is 0 Å². The van der Waals surface area contributed by atoms with Gasteiger partial charge in [-0.15, -0.1) is 0 Å². The first kappa shape index (κ1) is 18.3. The quantitative estimate of drug-likeness (QED) is 0.674. The van der Waals surface area contributed by atoms with Crippen molar-refractivity contribution < 1.29 is 9.53 Å². The molecule has 0 atom stereocenters. The number of amides is 1. The highest BCUT2D eigenvalue weighted by atomic mass is 79.9. The Morgan fingerprint density at radius 2 is 1.83 bits per heavy atom. The van der Waals surface area contributed by atoms with Gasteiger partial charge < -0.3 is 10.1 Å². The fraction of sp³-hybridized carbons (Fsp3) is 0.250. The van der Waals surface area contributed by atoms with Gasteiger partial charge in [0.25, 0.3) is 0 Å². The summed E-state index contributed by atoms with van der Waals surface area (Å²) in [5.74, 6) is 0. The van der Waals surface area contributed by atoms with Gasteiger partial charge in [0, 0.05) is 11.0 Å². The zero-order valence-corrected chi connectivity index (χ0v) is 15.6. The van der Waals surface area contributed by atoms with Crippen LogP contribution in [-0.2, 0) is 11.3 Å². The highest BCUT2D eigenvalue weighted by molar-refractivity contribution is 9.10. The largest absolute Gasteiger partial charge is 0.445 e. The summed E-state index contributed by atoms with van der Waals surface area (Å²) < 4.78 is 6.26. The number of hydrogen-bond acceptors (Lipinski definition) is 2. The number of rotatable bonds is 6. The number of halogens is 1. The van der Waals surface area contributed by atoms with Crippen molar-refractivity contribution in [2.45, 2.75) is 26.9 Å². The van der Waals surface area contributed by atoms with Gasteiger partial charge in [0.1, 0.15) is 6.61 Å². The van der Waals surface area contributed by atoms with Crippen molar-refractivity contribution in [3.05, 3.63) is 75.3 Å². The molecule has 4 heteroatoms. The van der Waals surface area contributed by atoms with Crippen molar-refractivity contribution in [1.82, 2.24) is 5.32 Å². The number of aryl methyl sites for hydroxylation is 2. The number of nitrogens with one attached hydrogen (secondary N) is 1. The molecule has 0 fully saturated rings. The molecule has 2 rings (SSSR count). The lowest BCUT2D eigenvalue weighted by atomic mass is 10.0. The first-order valence-electron chi connectivity index (χ1n) is 7.94. The van der Waals surface area contributed by atoms with Gasteiger partial charge in [-0.1, -0.05) is 58.4 Å². The van der Waals surface area contributed by atoms with E-state index in [0.29, 0.717) is 13.2 Å². The van der Waals surface area contributed by atoms with Gasteiger partial charge in [0.05, 0.1) is 0 Å². The summed E-state index contributed by atoms with van der Waals surface area (Å²) in [5, 5.41) is 2.76. The number of hydrogen-bond donors (Lipinski definition) is 1. The van der Waals surface area contributed by atoms with Crippen molar-refractivity contribution in [3.8, 4) is 0 Å². The molecule has 0 aliphatic carbocycles. The number of benzene rings is 2. The summed E-state index contributed by atoms with van der Waals surface area (Å²) in [7, 11) is 0. The van der Waals surface area contributed by atoms with E-state index in [1.807, 2.05) is 30.3 Å². The lowest BCUT2D eigenvalue weighted by Gasteiger charge is -2.07. The zero-order valence-electron chi connectivity index (χ0n) is 14.0. The minimum atomic E-state index is -0.386. The van der Waals surface area contributed by atoms with Crippen molar-refractivity contribution in [2.75, 3.05) is 6.54 Å². The monoisotopic (exact) mass is 387 g/mol. The van der Waals surface area contributed by atoms with Crippen LogP contribution in [0.15, 0.2) is 53.0 Å². The average molecular weight is 388 g/mol. The predicted octanol–water partition coefficient (Wildman–Crippen LogP) is 5.40. The maximum Gasteiger partial charge on any atom is 0.407 e. The summed E-state index contributed by atoms with van der Waals surface area (Å²) in [4.78, 5) is 11.6. The highest BCUT2D eigenvalue weighted by Crippen LogP contribution is 2.21. The van der Waals surface area contributed by atoms with Gasteiger partial charge in [0.2, 0.25) is 0 Å². The van der Waals surface area contributed by atoms with E-state index in [4.69, 9.17) is 4.74 Å². The summed E-state index contributed by atoms with van der Waals surface area (Å²) >= 11 is 3.50. The average Bonchev–Trinajstić information content (AvgIpc) is 2.55. The summed E-state index contributed by atoms with van der Waals surface area (Å²) in [6.07, 6.45) is 4.55. The molecular weight excluding hydrogens is 366 g/mol. The minimum absolute atomic E-state index is 0.291. The topological polar surface area (TPSA) is 38.3 Å². The molecule has 2 aromatic carbocycles. The first-order chi connectivity index (χ1) is 11.6. The zero-order chi connectivity index (χ0) is 17.4. The van der Waals surface area contributed by atoms with E-state index in [1.165, 1.54) is 16.7 Å². The van der Waals surface area contributed by atoms with E-state index < -0.39 is 0 Å². The normalized spacial score (nSPS) is 10.8. The van der Waals surface area contributed by atoms with Gasteiger partial charge in [-0.25, -0.2) is 4.79 Å². The Bertz CT molecular complexity index is 688. The summed E-state index contributed by atoms with van der Waals surface area (Å²) in [5.41, 5.74) is 4.67. The Hall–Kier alpha value is -2.07. The smallest absolute Gasteiger partial charge is 0.407 e. The van der Waals surface area contributed by atoms with E-state index in [-0.39, 0.29) is 6.09 Å². The van der Waals surface area contributed by atoms with E-state index in [2.05, 4.69) is 59.4 Å². The van der Waals surface area contributed by atoms with Crippen molar-refractivity contribution in [3.63, 3.8) is 0 Å². The maximum absolute atomic E-state index is 11.6. The highest BCUT2D eigenvalue weighted by Gasteiger charge is 2.02. The van der Waals surface area contributed by atoms with Crippen LogP contribution in [-0.4, -0.2) is 12.6 Å². The van der Waals surface area contributed by atoms with Crippen LogP contribution in [0.2, 0.25) is 0 Å². The molecule has 3 nitrogen and oxygen atoms in total. The summed E-state index contributed by atoms with van der Waals surface area (Å²) in [6, 6.07) is 13.8. The molecule has 0 aliphatic rings. The van der Waals surface area contributed by atoms with Crippen LogP contribution in [0, 0.1) is 13.8 Å². The van der Waals surface area contributed by atoms with Crippen LogP contribution >= 0.6 is 15.9 Å². The molecule has 1 amide bonds. The van der Waals surface area contributed by atoms with E-state index in [9.17, 15) is 4.79 Å². The van der Waals surface area contributed by atoms with Crippen molar-refractivity contribution in [1.29, 1.82) is 0 Å². The molecule has 0 radical (unpaired) electrons. The van der Waals surface area contributed by atoms with Crippen LogP contribution < -0.4 is 5.32 Å². The second-order valence-electron chi connectivity index (χ2n) is 5.63. The standard InChI is InChI=1S/C20H22BrNO2/c1-15-12-18(21)13-16(2)19(15)10-6-7-11-22-20(23)24-14-17-8-4-3-5-9-17/h3-6,8-10,12-13H,7,11,14H2,1-2H3,(H,22,23). The maximum atomic E-state index is 11.6. The fourth-order valence-corrected chi connectivity index (χ4v) is 3.10. The van der Waals surface area contributed by atoms with Crippen LogP contribution in [0.25, 0.3) is 6.08 Å². The van der Waals surface area contributed by atoms with Crippen molar-refractivity contribution in [2.24, 2.45) is 0 Å². The third kappa shape index (κ3) is 5.85. The Labute approximate surface area is 151 Å². The molecule has 0 saturated carbocycles. The van der Waals surface area contributed by atoms with Gasteiger partial charge >= 0.3 is 6.09 Å². The molecular formula is C20H22BrNO2. The Morgan fingerprint density at radius 1 is 1.17 bits per heavy atom. The molecule has 0 saturated heterocycles. The molecule has 126 valence electrons. The third-order valence-electron chi connectivity index (χ3n) is 3.64. The second kappa shape index (κ2) is 9.28. The van der Waals surface area contributed by atoms with Crippen LogP contribution in [0.5, 0.6) is 0 Å². The number of ether oxygens (including phenoxy) is 1. The molecule has 0 bridgehead atoms. The predicted molar refractivity (Wildman–Crippen MR) is 102 cm³/mol. The Morgan fingerprint density at radius 3 is 2.50 bits per heavy atom. The summed E-state index contributed by atoms with van der Waals surface area (Å²) in [6.45, 7) is 5.03. The first-order valence-corrected chi connectivity index (χ1v) is 8.73. The Balaban J connectivity index is 1.72. The lowest BCUT2D eigenvalue weighted by molar-refractivity contribution is 0.140. The lowest BCUT2D eigenvalue weighted by Crippen LogP contribution is -2.24. The number of carbonyl (C=O) groups excluding carboxylic acids is 1. The number of carbonyl (C=O) groups is 1. The molecule has 0 heterocycles.